The first-order valence-corrected chi connectivity index (χ1v) is 13.0. The standard InChI is InChI=1S/C30H29BN4O5/c36-28(27-25-14-8-7-13-23(25)15-16-32-27)33-20-24-19-30(40-35-24,18-22-11-5-2-6-12-22)29(37)34-26(31(38)39)17-21-9-3-1-4-10-21/h1-16,26,38-39H,17-20H2,(H,33,36)(H,34,37). The first-order valence-electron chi connectivity index (χ1n) is 13.0. The van der Waals surface area contributed by atoms with E-state index in [1.807, 2.05) is 91.0 Å². The van der Waals surface area contributed by atoms with Crippen LogP contribution in [0.4, 0.5) is 0 Å². The molecule has 0 saturated carbocycles. The fourth-order valence-electron chi connectivity index (χ4n) is 4.83. The summed E-state index contributed by atoms with van der Waals surface area (Å²) in [5.74, 6) is -1.85. The second-order valence-corrected chi connectivity index (χ2v) is 9.83. The maximum Gasteiger partial charge on any atom is 0.475 e. The van der Waals surface area contributed by atoms with Crippen molar-refractivity contribution in [2.24, 2.45) is 5.16 Å². The summed E-state index contributed by atoms with van der Waals surface area (Å²) >= 11 is 0. The molecule has 2 atom stereocenters. The molecule has 4 aromatic rings. The highest BCUT2D eigenvalue weighted by molar-refractivity contribution is 6.43. The van der Waals surface area contributed by atoms with E-state index in [2.05, 4.69) is 20.8 Å². The number of oxime groups is 1. The van der Waals surface area contributed by atoms with Crippen molar-refractivity contribution >= 4 is 35.4 Å². The first kappa shape index (κ1) is 27.0. The zero-order valence-corrected chi connectivity index (χ0v) is 21.7. The van der Waals surface area contributed by atoms with Gasteiger partial charge in [-0.1, -0.05) is 90.1 Å². The van der Waals surface area contributed by atoms with Gasteiger partial charge in [0.2, 0.25) is 5.60 Å². The third kappa shape index (κ3) is 6.19. The fourth-order valence-corrected chi connectivity index (χ4v) is 4.83. The van der Waals surface area contributed by atoms with Gasteiger partial charge >= 0.3 is 7.12 Å². The Labute approximate surface area is 232 Å². The summed E-state index contributed by atoms with van der Waals surface area (Å²) in [5.41, 5.74) is 1.04. The van der Waals surface area contributed by atoms with Gasteiger partial charge in [0.25, 0.3) is 11.8 Å². The third-order valence-electron chi connectivity index (χ3n) is 6.90. The monoisotopic (exact) mass is 536 g/mol. The van der Waals surface area contributed by atoms with E-state index in [9.17, 15) is 19.6 Å². The molecule has 0 spiro atoms. The number of amides is 2. The number of nitrogens with zero attached hydrogens (tertiary/aromatic N) is 2. The Morgan fingerprint density at radius 1 is 0.925 bits per heavy atom. The van der Waals surface area contributed by atoms with Crippen LogP contribution in [0.5, 0.6) is 0 Å². The van der Waals surface area contributed by atoms with Gasteiger partial charge in [0.05, 0.1) is 18.2 Å². The van der Waals surface area contributed by atoms with Gasteiger partial charge in [-0.3, -0.25) is 14.6 Å². The van der Waals surface area contributed by atoms with E-state index in [0.717, 1.165) is 21.9 Å². The molecule has 0 fully saturated rings. The van der Waals surface area contributed by atoms with Crippen molar-refractivity contribution in [1.29, 1.82) is 0 Å². The second-order valence-electron chi connectivity index (χ2n) is 9.83. The highest BCUT2D eigenvalue weighted by atomic mass is 16.7. The average Bonchev–Trinajstić information content (AvgIpc) is 3.40. The van der Waals surface area contributed by atoms with E-state index in [0.29, 0.717) is 11.4 Å². The molecule has 40 heavy (non-hydrogen) atoms. The van der Waals surface area contributed by atoms with Gasteiger partial charge in [0, 0.05) is 24.4 Å². The Bertz CT molecular complexity index is 1510. The number of hydrogen-bond acceptors (Lipinski definition) is 7. The van der Waals surface area contributed by atoms with Gasteiger partial charge in [0.1, 0.15) is 5.69 Å². The number of fused-ring (bicyclic) bond motifs is 1. The van der Waals surface area contributed by atoms with Gasteiger partial charge in [0.15, 0.2) is 0 Å². The second kappa shape index (κ2) is 12.1. The van der Waals surface area contributed by atoms with Crippen LogP contribution in [0.25, 0.3) is 10.8 Å². The van der Waals surface area contributed by atoms with E-state index in [-0.39, 0.29) is 31.7 Å². The Balaban J connectivity index is 1.31. The maximum atomic E-state index is 13.7. The fraction of sp³-hybridized carbons (Fsp3) is 0.200. The van der Waals surface area contributed by atoms with Crippen LogP contribution < -0.4 is 10.6 Å². The zero-order chi connectivity index (χ0) is 28.0. The molecule has 0 bridgehead atoms. The van der Waals surface area contributed by atoms with E-state index in [1.54, 1.807) is 6.20 Å². The van der Waals surface area contributed by atoms with Crippen molar-refractivity contribution in [3.05, 3.63) is 114 Å². The summed E-state index contributed by atoms with van der Waals surface area (Å²) in [6, 6.07) is 28.0. The molecule has 4 N–H and O–H groups in total. The van der Waals surface area contributed by atoms with Gasteiger partial charge in [-0.2, -0.15) is 0 Å². The zero-order valence-electron chi connectivity index (χ0n) is 21.7. The summed E-state index contributed by atoms with van der Waals surface area (Å²) < 4.78 is 0. The van der Waals surface area contributed by atoms with Crippen LogP contribution in [0, 0.1) is 0 Å². The van der Waals surface area contributed by atoms with Crippen molar-refractivity contribution in [2.75, 3.05) is 6.54 Å². The largest absolute Gasteiger partial charge is 0.475 e. The predicted molar refractivity (Wildman–Crippen MR) is 152 cm³/mol. The number of carbonyl (C=O) groups is 2. The topological polar surface area (TPSA) is 133 Å². The van der Waals surface area contributed by atoms with Gasteiger partial charge in [-0.15, -0.1) is 0 Å². The maximum absolute atomic E-state index is 13.7. The molecule has 5 rings (SSSR count). The quantitative estimate of drug-likeness (QED) is 0.230. The molecular weight excluding hydrogens is 507 g/mol. The van der Waals surface area contributed by atoms with Crippen molar-refractivity contribution in [3.8, 4) is 0 Å². The molecule has 0 radical (unpaired) electrons. The number of benzene rings is 3. The molecule has 9 nitrogen and oxygen atoms in total. The Hall–Kier alpha value is -4.54. The SMILES string of the molecule is O=C(NCC1=NOC(Cc2ccccc2)(C(=O)NC(Cc2ccccc2)B(O)O)C1)c1nccc2ccccc12. The summed E-state index contributed by atoms with van der Waals surface area (Å²) in [4.78, 5) is 36.7. The first-order chi connectivity index (χ1) is 19.4. The van der Waals surface area contributed by atoms with Crippen LogP contribution >= 0.6 is 0 Å². The molecule has 1 aliphatic heterocycles. The number of hydrogen-bond donors (Lipinski definition) is 4. The summed E-state index contributed by atoms with van der Waals surface area (Å²) in [5, 5.41) is 31.5. The lowest BCUT2D eigenvalue weighted by Gasteiger charge is -2.28. The minimum Gasteiger partial charge on any atom is -0.426 e. The molecule has 2 unspecified atom stereocenters. The number of aromatic nitrogens is 1. The molecule has 2 heterocycles. The number of carbonyl (C=O) groups excluding carboxylic acids is 2. The van der Waals surface area contributed by atoms with Crippen LogP contribution in [0.3, 0.4) is 0 Å². The lowest BCUT2D eigenvalue weighted by atomic mass is 9.75. The third-order valence-corrected chi connectivity index (χ3v) is 6.90. The van der Waals surface area contributed by atoms with Crippen molar-refractivity contribution in [2.45, 2.75) is 30.8 Å². The Kier molecular flexibility index (Phi) is 8.19. The molecular formula is C30H29BN4O5. The molecule has 202 valence electrons. The van der Waals surface area contributed by atoms with Crippen molar-refractivity contribution in [3.63, 3.8) is 0 Å². The van der Waals surface area contributed by atoms with Crippen LogP contribution in [-0.2, 0) is 22.5 Å². The van der Waals surface area contributed by atoms with E-state index in [4.69, 9.17) is 4.84 Å². The van der Waals surface area contributed by atoms with Crippen LogP contribution in [0.15, 0.2) is 102 Å². The molecule has 1 aliphatic rings. The van der Waals surface area contributed by atoms with Crippen LogP contribution in [0.1, 0.15) is 28.0 Å². The highest BCUT2D eigenvalue weighted by Gasteiger charge is 2.48. The number of nitrogens with one attached hydrogen (secondary N) is 2. The minimum absolute atomic E-state index is 0.0591. The lowest BCUT2D eigenvalue weighted by Crippen LogP contribution is -2.56. The minimum atomic E-state index is -1.78. The van der Waals surface area contributed by atoms with Crippen LogP contribution in [0.2, 0.25) is 0 Å². The van der Waals surface area contributed by atoms with Crippen molar-refractivity contribution in [1.82, 2.24) is 15.6 Å². The molecule has 1 aromatic heterocycles. The molecule has 2 amide bonds. The summed E-state index contributed by atoms with van der Waals surface area (Å²) in [7, 11) is -1.78. The average molecular weight is 536 g/mol. The molecule has 0 aliphatic carbocycles. The van der Waals surface area contributed by atoms with Gasteiger partial charge < -0.3 is 25.5 Å². The molecule has 3 aromatic carbocycles. The normalized spacial score (nSPS) is 17.0. The number of pyridine rings is 1. The Morgan fingerprint density at radius 2 is 1.60 bits per heavy atom. The van der Waals surface area contributed by atoms with E-state index >= 15 is 0 Å². The predicted octanol–water partition coefficient (Wildman–Crippen LogP) is 2.46. The highest BCUT2D eigenvalue weighted by Crippen LogP contribution is 2.29. The summed E-state index contributed by atoms with van der Waals surface area (Å²) in [6.45, 7) is 0.0591. The summed E-state index contributed by atoms with van der Waals surface area (Å²) in [6.07, 6.45) is 2.11. The van der Waals surface area contributed by atoms with E-state index < -0.39 is 24.6 Å². The smallest absolute Gasteiger partial charge is 0.426 e. The molecule has 0 saturated heterocycles. The lowest BCUT2D eigenvalue weighted by molar-refractivity contribution is -0.144. The van der Waals surface area contributed by atoms with Crippen molar-refractivity contribution < 1.29 is 24.5 Å². The van der Waals surface area contributed by atoms with Gasteiger partial charge in [-0.25, -0.2) is 0 Å². The van der Waals surface area contributed by atoms with Gasteiger partial charge in [-0.05, 0) is 29.0 Å². The van der Waals surface area contributed by atoms with Crippen LogP contribution in [-0.4, -0.2) is 57.8 Å². The van der Waals surface area contributed by atoms with E-state index in [1.165, 1.54) is 0 Å². The Morgan fingerprint density at radius 3 is 2.33 bits per heavy atom. The number of rotatable bonds is 10. The molecule has 10 heteroatoms.